The van der Waals surface area contributed by atoms with Crippen LogP contribution in [0, 0.1) is 6.92 Å². The van der Waals surface area contributed by atoms with Crippen LogP contribution in [0.2, 0.25) is 10.0 Å². The van der Waals surface area contributed by atoms with Gasteiger partial charge in [-0.05, 0) is 43.5 Å². The summed E-state index contributed by atoms with van der Waals surface area (Å²) in [5.74, 6) is 0. The van der Waals surface area contributed by atoms with Gasteiger partial charge in [0, 0.05) is 17.3 Å². The first-order chi connectivity index (χ1) is 9.01. The van der Waals surface area contributed by atoms with Crippen molar-refractivity contribution in [3.63, 3.8) is 0 Å². The predicted molar refractivity (Wildman–Crippen MR) is 80.3 cm³/mol. The van der Waals surface area contributed by atoms with Gasteiger partial charge in [0.05, 0.1) is 16.4 Å². The molecule has 0 fully saturated rings. The van der Waals surface area contributed by atoms with Gasteiger partial charge in [-0.1, -0.05) is 30.1 Å². The normalized spacial score (nSPS) is 12.7. The molecule has 1 aromatic carbocycles. The highest BCUT2D eigenvalue weighted by Crippen LogP contribution is 2.23. The topological polar surface area (TPSA) is 43.8 Å². The van der Waals surface area contributed by atoms with E-state index < -0.39 is 0 Å². The number of halogens is 2. The van der Waals surface area contributed by atoms with E-state index in [4.69, 9.17) is 28.9 Å². The molecule has 102 valence electrons. The van der Waals surface area contributed by atoms with Gasteiger partial charge in [-0.2, -0.15) is 5.10 Å². The van der Waals surface area contributed by atoms with Crippen molar-refractivity contribution in [2.45, 2.75) is 32.7 Å². The molecule has 0 aliphatic carbocycles. The second kappa shape index (κ2) is 5.95. The summed E-state index contributed by atoms with van der Waals surface area (Å²) in [5.41, 5.74) is 8.91. The molecule has 5 heteroatoms. The molecule has 1 aromatic heterocycles. The molecule has 2 rings (SSSR count). The summed E-state index contributed by atoms with van der Waals surface area (Å²) in [6, 6.07) is 5.85. The summed E-state index contributed by atoms with van der Waals surface area (Å²) < 4.78 is 1.78. The molecule has 0 amide bonds. The standard InChI is InChI=1S/C14H17Cl2N3/c1-3-12(17)7-10-6-11(15)4-5-14(10)19-8-13(16)9(2)18-19/h4-6,8,12H,3,7,17H2,1-2H3. The Morgan fingerprint density at radius 3 is 2.68 bits per heavy atom. The lowest BCUT2D eigenvalue weighted by molar-refractivity contribution is 0.642. The van der Waals surface area contributed by atoms with Gasteiger partial charge in [-0.15, -0.1) is 0 Å². The average molecular weight is 298 g/mol. The molecular formula is C14H17Cl2N3. The van der Waals surface area contributed by atoms with E-state index in [9.17, 15) is 0 Å². The van der Waals surface area contributed by atoms with Crippen LogP contribution in [-0.4, -0.2) is 15.8 Å². The van der Waals surface area contributed by atoms with Crippen LogP contribution >= 0.6 is 23.2 Å². The van der Waals surface area contributed by atoms with Gasteiger partial charge in [0.1, 0.15) is 0 Å². The smallest absolute Gasteiger partial charge is 0.0819 e. The molecule has 19 heavy (non-hydrogen) atoms. The van der Waals surface area contributed by atoms with Crippen molar-refractivity contribution in [2.75, 3.05) is 0 Å². The molecule has 0 radical (unpaired) electrons. The van der Waals surface area contributed by atoms with Gasteiger partial charge in [-0.25, -0.2) is 4.68 Å². The first-order valence-corrected chi connectivity index (χ1v) is 7.03. The molecule has 0 aliphatic rings. The van der Waals surface area contributed by atoms with E-state index in [2.05, 4.69) is 12.0 Å². The fourth-order valence-corrected chi connectivity index (χ4v) is 2.26. The Balaban J connectivity index is 2.44. The second-order valence-electron chi connectivity index (χ2n) is 4.65. The average Bonchev–Trinajstić information content (AvgIpc) is 2.69. The van der Waals surface area contributed by atoms with Crippen LogP contribution in [0.25, 0.3) is 5.69 Å². The molecule has 2 N–H and O–H groups in total. The Labute approximate surface area is 123 Å². The number of benzene rings is 1. The highest BCUT2D eigenvalue weighted by Gasteiger charge is 2.11. The maximum Gasteiger partial charge on any atom is 0.0819 e. The molecule has 0 bridgehead atoms. The Bertz CT molecular complexity index is 559. The number of aromatic nitrogens is 2. The van der Waals surface area contributed by atoms with Crippen molar-refractivity contribution in [3.05, 3.63) is 45.7 Å². The summed E-state index contributed by atoms with van der Waals surface area (Å²) in [7, 11) is 0. The molecule has 1 unspecified atom stereocenters. The van der Waals surface area contributed by atoms with Crippen molar-refractivity contribution in [2.24, 2.45) is 5.73 Å². The molecule has 3 nitrogen and oxygen atoms in total. The van der Waals surface area contributed by atoms with E-state index in [1.807, 2.05) is 25.1 Å². The third-order valence-corrected chi connectivity index (χ3v) is 3.74. The Kier molecular flexibility index (Phi) is 4.50. The first kappa shape index (κ1) is 14.4. The molecule has 0 spiro atoms. The molecular weight excluding hydrogens is 281 g/mol. The zero-order chi connectivity index (χ0) is 14.0. The van der Waals surface area contributed by atoms with E-state index in [-0.39, 0.29) is 6.04 Å². The van der Waals surface area contributed by atoms with Crippen molar-refractivity contribution < 1.29 is 0 Å². The Morgan fingerprint density at radius 1 is 1.37 bits per heavy atom. The lowest BCUT2D eigenvalue weighted by Gasteiger charge is -2.14. The van der Waals surface area contributed by atoms with E-state index in [1.54, 1.807) is 10.9 Å². The summed E-state index contributed by atoms with van der Waals surface area (Å²) in [5, 5.41) is 5.76. The third kappa shape index (κ3) is 3.30. The van der Waals surface area contributed by atoms with Crippen LogP contribution in [0.4, 0.5) is 0 Å². The van der Waals surface area contributed by atoms with Gasteiger partial charge < -0.3 is 5.73 Å². The zero-order valence-electron chi connectivity index (χ0n) is 11.0. The lowest BCUT2D eigenvalue weighted by atomic mass is 10.0. The minimum atomic E-state index is 0.115. The lowest BCUT2D eigenvalue weighted by Crippen LogP contribution is -2.22. The molecule has 1 heterocycles. The fourth-order valence-electron chi connectivity index (χ4n) is 1.93. The van der Waals surface area contributed by atoms with Crippen LogP contribution in [0.3, 0.4) is 0 Å². The van der Waals surface area contributed by atoms with Crippen molar-refractivity contribution >= 4 is 23.2 Å². The Morgan fingerprint density at radius 2 is 2.11 bits per heavy atom. The number of nitrogens with two attached hydrogens (primary N) is 1. The minimum absolute atomic E-state index is 0.115. The number of hydrogen-bond acceptors (Lipinski definition) is 2. The summed E-state index contributed by atoms with van der Waals surface area (Å²) >= 11 is 12.1. The number of hydrogen-bond donors (Lipinski definition) is 1. The van der Waals surface area contributed by atoms with Gasteiger partial charge in [0.25, 0.3) is 0 Å². The third-order valence-electron chi connectivity index (χ3n) is 3.13. The van der Waals surface area contributed by atoms with Crippen molar-refractivity contribution in [1.29, 1.82) is 0 Å². The largest absolute Gasteiger partial charge is 0.327 e. The summed E-state index contributed by atoms with van der Waals surface area (Å²) in [6.07, 6.45) is 3.49. The van der Waals surface area contributed by atoms with Crippen LogP contribution in [0.5, 0.6) is 0 Å². The highest BCUT2D eigenvalue weighted by atomic mass is 35.5. The van der Waals surface area contributed by atoms with Crippen LogP contribution in [0.15, 0.2) is 24.4 Å². The van der Waals surface area contributed by atoms with Crippen LogP contribution in [0.1, 0.15) is 24.6 Å². The molecule has 2 aromatic rings. The second-order valence-corrected chi connectivity index (χ2v) is 5.50. The fraction of sp³-hybridized carbons (Fsp3) is 0.357. The predicted octanol–water partition coefficient (Wildman–Crippen LogP) is 3.77. The van der Waals surface area contributed by atoms with Crippen molar-refractivity contribution in [3.8, 4) is 5.69 Å². The van der Waals surface area contributed by atoms with E-state index in [0.717, 1.165) is 29.8 Å². The molecule has 1 atom stereocenters. The summed E-state index contributed by atoms with van der Waals surface area (Å²) in [4.78, 5) is 0. The van der Waals surface area contributed by atoms with Gasteiger partial charge in [0.15, 0.2) is 0 Å². The van der Waals surface area contributed by atoms with Crippen LogP contribution in [-0.2, 0) is 6.42 Å². The van der Waals surface area contributed by atoms with Crippen LogP contribution < -0.4 is 5.73 Å². The summed E-state index contributed by atoms with van der Waals surface area (Å²) in [6.45, 7) is 3.95. The first-order valence-electron chi connectivity index (χ1n) is 6.27. The van der Waals surface area contributed by atoms with Gasteiger partial charge in [-0.3, -0.25) is 0 Å². The van der Waals surface area contributed by atoms with E-state index >= 15 is 0 Å². The van der Waals surface area contributed by atoms with Crippen molar-refractivity contribution in [1.82, 2.24) is 9.78 Å². The number of aryl methyl sites for hydroxylation is 1. The number of nitrogens with zero attached hydrogens (tertiary/aromatic N) is 2. The highest BCUT2D eigenvalue weighted by molar-refractivity contribution is 6.31. The zero-order valence-corrected chi connectivity index (χ0v) is 12.5. The molecule has 0 saturated carbocycles. The van der Waals surface area contributed by atoms with E-state index in [1.165, 1.54) is 0 Å². The minimum Gasteiger partial charge on any atom is -0.327 e. The van der Waals surface area contributed by atoms with E-state index in [0.29, 0.717) is 10.0 Å². The quantitative estimate of drug-likeness (QED) is 0.933. The number of rotatable bonds is 4. The maximum absolute atomic E-state index is 6.07. The SMILES string of the molecule is CCC(N)Cc1cc(Cl)ccc1-n1cc(Cl)c(C)n1. The maximum atomic E-state index is 6.07. The molecule has 0 saturated heterocycles. The monoisotopic (exact) mass is 297 g/mol. The Hall–Kier alpha value is -1.03. The molecule has 0 aliphatic heterocycles. The van der Waals surface area contributed by atoms with Gasteiger partial charge in [0.2, 0.25) is 0 Å². The van der Waals surface area contributed by atoms with Gasteiger partial charge >= 0.3 is 0 Å².